The van der Waals surface area contributed by atoms with Crippen LogP contribution in [0.5, 0.6) is 0 Å². The molecule has 0 aliphatic carbocycles. The number of aromatic amines is 1. The van der Waals surface area contributed by atoms with E-state index in [0.717, 1.165) is 5.52 Å². The van der Waals surface area contributed by atoms with Crippen molar-refractivity contribution < 1.29 is 14.3 Å². The van der Waals surface area contributed by atoms with Gasteiger partial charge in [0.05, 0.1) is 12.1 Å². The third-order valence-corrected chi connectivity index (χ3v) is 2.64. The summed E-state index contributed by atoms with van der Waals surface area (Å²) in [5, 5.41) is 8.78. The van der Waals surface area contributed by atoms with Crippen molar-refractivity contribution in [2.45, 2.75) is 0 Å². The first-order valence-corrected chi connectivity index (χ1v) is 5.52. The number of aliphatic hydroxyl groups excluding tert-OH is 1. The summed E-state index contributed by atoms with van der Waals surface area (Å²) in [7, 11) is 1.63. The minimum Gasteiger partial charge on any atom is -0.429 e. The highest BCUT2D eigenvalue weighted by molar-refractivity contribution is 7.71. The average Bonchev–Trinajstić information content (AvgIpc) is 2.67. The fourth-order valence-electron chi connectivity index (χ4n) is 1.55. The van der Waals surface area contributed by atoms with Gasteiger partial charge in [0, 0.05) is 19.2 Å². The van der Waals surface area contributed by atoms with Gasteiger partial charge in [-0.2, -0.15) is 0 Å². The molecule has 0 saturated carbocycles. The molecule has 90 valence electrons. The minimum atomic E-state index is -0.164. The molecule has 0 radical (unpaired) electrons. The zero-order chi connectivity index (χ0) is 12.4. The fourth-order valence-corrected chi connectivity index (χ4v) is 1.75. The first kappa shape index (κ1) is 11.8. The molecule has 0 fully saturated rings. The van der Waals surface area contributed by atoms with Crippen molar-refractivity contribution in [2.75, 3.05) is 20.2 Å². The van der Waals surface area contributed by atoms with E-state index < -0.39 is 0 Å². The summed E-state index contributed by atoms with van der Waals surface area (Å²) in [6.45, 7) is 0.239. The van der Waals surface area contributed by atoms with E-state index in [-0.39, 0.29) is 17.4 Å². The molecule has 1 aromatic carbocycles. The monoisotopic (exact) mass is 252 g/mol. The molecule has 1 aromatic heterocycles. The van der Waals surface area contributed by atoms with E-state index in [1.165, 1.54) is 4.90 Å². The maximum Gasteiger partial charge on any atom is 0.266 e. The molecule has 5 nitrogen and oxygen atoms in total. The molecule has 0 aliphatic rings. The number of rotatable bonds is 3. The van der Waals surface area contributed by atoms with Gasteiger partial charge in [-0.1, -0.05) is 0 Å². The molecule has 0 aliphatic heterocycles. The molecule has 0 atom stereocenters. The van der Waals surface area contributed by atoms with Crippen LogP contribution in [0.25, 0.3) is 11.1 Å². The number of hydrogen-bond donors (Lipinski definition) is 2. The summed E-state index contributed by atoms with van der Waals surface area (Å²) >= 11 is 4.86. The Kier molecular flexibility index (Phi) is 3.26. The number of carbonyl (C=O) groups excluding carboxylic acids is 1. The molecule has 0 bridgehead atoms. The van der Waals surface area contributed by atoms with Gasteiger partial charge in [-0.05, 0) is 30.4 Å². The number of benzene rings is 1. The molecular weight excluding hydrogens is 240 g/mol. The van der Waals surface area contributed by atoms with Gasteiger partial charge in [0.1, 0.15) is 0 Å². The van der Waals surface area contributed by atoms with Crippen LogP contribution in [-0.2, 0) is 0 Å². The van der Waals surface area contributed by atoms with Gasteiger partial charge in [0.25, 0.3) is 10.7 Å². The topological polar surface area (TPSA) is 69.5 Å². The molecule has 2 N–H and O–H groups in total. The Labute approximate surface area is 103 Å². The van der Waals surface area contributed by atoms with Crippen molar-refractivity contribution in [1.82, 2.24) is 9.88 Å². The number of aromatic nitrogens is 1. The summed E-state index contributed by atoms with van der Waals surface area (Å²) in [4.78, 5) is 16.5. The molecule has 1 amide bonds. The summed E-state index contributed by atoms with van der Waals surface area (Å²) in [6.07, 6.45) is 0. The summed E-state index contributed by atoms with van der Waals surface area (Å²) in [5.41, 5.74) is 1.82. The van der Waals surface area contributed by atoms with E-state index in [1.807, 2.05) is 0 Å². The van der Waals surface area contributed by atoms with Gasteiger partial charge in [0.15, 0.2) is 5.58 Å². The Hall–Kier alpha value is -1.66. The van der Waals surface area contributed by atoms with Crippen LogP contribution in [0.2, 0.25) is 0 Å². The molecular formula is C11H12N2O3S. The maximum atomic E-state index is 11.9. The number of H-pyrrole nitrogens is 1. The molecule has 2 aromatic rings. The number of carbonyl (C=O) groups is 1. The van der Waals surface area contributed by atoms with Crippen molar-refractivity contribution in [3.63, 3.8) is 0 Å². The zero-order valence-electron chi connectivity index (χ0n) is 9.27. The number of nitrogens with one attached hydrogen (secondary N) is 1. The maximum absolute atomic E-state index is 11.9. The second-order valence-electron chi connectivity index (χ2n) is 3.68. The molecule has 2 rings (SSSR count). The van der Waals surface area contributed by atoms with Crippen LogP contribution in [0.1, 0.15) is 10.4 Å². The Bertz CT molecular complexity index is 602. The lowest BCUT2D eigenvalue weighted by atomic mass is 10.2. The molecule has 0 spiro atoms. The van der Waals surface area contributed by atoms with Gasteiger partial charge in [0.2, 0.25) is 0 Å². The first-order valence-electron chi connectivity index (χ1n) is 5.11. The van der Waals surface area contributed by atoms with Gasteiger partial charge in [-0.25, -0.2) is 0 Å². The summed E-state index contributed by atoms with van der Waals surface area (Å²) in [6, 6.07) is 5.08. The van der Waals surface area contributed by atoms with Gasteiger partial charge in [-0.15, -0.1) is 0 Å². The summed E-state index contributed by atoms with van der Waals surface area (Å²) < 4.78 is 5.24. The van der Waals surface area contributed by atoms with Gasteiger partial charge < -0.3 is 19.4 Å². The quantitative estimate of drug-likeness (QED) is 0.813. The van der Waals surface area contributed by atoms with Crippen LogP contribution < -0.4 is 0 Å². The predicted molar refractivity (Wildman–Crippen MR) is 65.4 cm³/mol. The number of nitrogens with zero attached hydrogens (tertiary/aromatic N) is 1. The van der Waals surface area contributed by atoms with E-state index in [1.54, 1.807) is 25.2 Å². The van der Waals surface area contributed by atoms with Crippen LogP contribution in [0.3, 0.4) is 0 Å². The number of amides is 1. The highest BCUT2D eigenvalue weighted by atomic mass is 32.1. The molecule has 6 heteroatoms. The number of aliphatic hydroxyl groups is 1. The van der Waals surface area contributed by atoms with Crippen molar-refractivity contribution in [2.24, 2.45) is 0 Å². The van der Waals surface area contributed by atoms with Crippen LogP contribution in [0.4, 0.5) is 0 Å². The number of oxazole rings is 1. The minimum absolute atomic E-state index is 0.0602. The van der Waals surface area contributed by atoms with Crippen molar-refractivity contribution in [3.05, 3.63) is 28.6 Å². The SMILES string of the molecule is CN(CCO)C(=O)c1ccc2[nH]c(=S)oc2c1. The van der Waals surface area contributed by atoms with E-state index in [9.17, 15) is 4.79 Å². The highest BCUT2D eigenvalue weighted by Gasteiger charge is 2.12. The van der Waals surface area contributed by atoms with Crippen LogP contribution in [0, 0.1) is 4.84 Å². The predicted octanol–water partition coefficient (Wildman–Crippen LogP) is 1.55. The number of fused-ring (bicyclic) bond motifs is 1. The number of hydrogen-bond acceptors (Lipinski definition) is 4. The van der Waals surface area contributed by atoms with E-state index >= 15 is 0 Å². The fraction of sp³-hybridized carbons (Fsp3) is 0.273. The average molecular weight is 252 g/mol. The lowest BCUT2D eigenvalue weighted by Crippen LogP contribution is -2.29. The van der Waals surface area contributed by atoms with Crippen molar-refractivity contribution in [1.29, 1.82) is 0 Å². The second-order valence-corrected chi connectivity index (χ2v) is 4.05. The van der Waals surface area contributed by atoms with Crippen molar-refractivity contribution in [3.8, 4) is 0 Å². The molecule has 17 heavy (non-hydrogen) atoms. The first-order chi connectivity index (χ1) is 8.11. The largest absolute Gasteiger partial charge is 0.429 e. The lowest BCUT2D eigenvalue weighted by molar-refractivity contribution is 0.0767. The van der Waals surface area contributed by atoms with Gasteiger partial charge in [-0.3, -0.25) is 4.79 Å². The molecule has 0 unspecified atom stereocenters. The van der Waals surface area contributed by atoms with Crippen LogP contribution in [0.15, 0.2) is 22.6 Å². The lowest BCUT2D eigenvalue weighted by Gasteiger charge is -2.15. The van der Waals surface area contributed by atoms with Crippen molar-refractivity contribution >= 4 is 29.2 Å². The third kappa shape index (κ3) is 2.37. The van der Waals surface area contributed by atoms with E-state index in [2.05, 4.69) is 4.98 Å². The third-order valence-electron chi connectivity index (χ3n) is 2.45. The Morgan fingerprint density at radius 1 is 1.59 bits per heavy atom. The highest BCUT2D eigenvalue weighted by Crippen LogP contribution is 2.16. The van der Waals surface area contributed by atoms with Gasteiger partial charge >= 0.3 is 0 Å². The second kappa shape index (κ2) is 4.68. The normalized spacial score (nSPS) is 10.7. The van der Waals surface area contributed by atoms with Crippen LogP contribution >= 0.6 is 12.2 Å². The zero-order valence-corrected chi connectivity index (χ0v) is 10.1. The van der Waals surface area contributed by atoms with Crippen LogP contribution in [-0.4, -0.2) is 41.1 Å². The Balaban J connectivity index is 2.35. The Morgan fingerprint density at radius 3 is 3.06 bits per heavy atom. The standard InChI is InChI=1S/C11H12N2O3S/c1-13(4-5-14)10(15)7-2-3-8-9(6-7)16-11(17)12-8/h2-3,6,14H,4-5H2,1H3,(H,12,17). The Morgan fingerprint density at radius 2 is 2.35 bits per heavy atom. The van der Waals surface area contributed by atoms with E-state index in [0.29, 0.717) is 17.7 Å². The smallest absolute Gasteiger partial charge is 0.266 e. The molecule has 0 saturated heterocycles. The summed E-state index contributed by atoms with van der Waals surface area (Å²) in [5.74, 6) is -0.164. The van der Waals surface area contributed by atoms with E-state index in [4.69, 9.17) is 21.7 Å². The molecule has 1 heterocycles. The number of likely N-dealkylation sites (N-methyl/N-ethyl adjacent to an activating group) is 1.